The summed E-state index contributed by atoms with van der Waals surface area (Å²) in [5.41, 5.74) is 11.5. The van der Waals surface area contributed by atoms with E-state index in [0.29, 0.717) is 16.5 Å². The van der Waals surface area contributed by atoms with Crippen LogP contribution in [0.3, 0.4) is 0 Å². The van der Waals surface area contributed by atoms with Gasteiger partial charge in [0, 0.05) is 32.9 Å². The fourth-order valence-corrected chi connectivity index (χ4v) is 7.45. The zero-order valence-electron chi connectivity index (χ0n) is 26.6. The van der Waals surface area contributed by atoms with E-state index in [2.05, 4.69) is 130 Å². The Balaban J connectivity index is 1.41. The van der Waals surface area contributed by atoms with E-state index < -0.39 is 0 Å². The van der Waals surface area contributed by atoms with E-state index in [0.717, 1.165) is 66.1 Å². The monoisotopic (exact) mass is 610 g/mol. The molecular weight excluding hydrogens is 587 g/mol. The molecule has 49 heavy (non-hydrogen) atoms. The van der Waals surface area contributed by atoms with E-state index in [1.54, 1.807) is 0 Å². The minimum atomic E-state index is 0.200. The van der Waals surface area contributed by atoms with Crippen LogP contribution in [0.1, 0.15) is 0 Å². The van der Waals surface area contributed by atoms with Gasteiger partial charge in [-0.1, -0.05) is 95.9 Å². The van der Waals surface area contributed by atoms with E-state index in [1.807, 2.05) is 18.2 Å². The van der Waals surface area contributed by atoms with Crippen molar-refractivity contribution in [1.82, 2.24) is 9.13 Å². The van der Waals surface area contributed by atoms with Crippen molar-refractivity contribution in [2.45, 2.75) is 0 Å². The summed E-state index contributed by atoms with van der Waals surface area (Å²) >= 11 is 0. The zero-order chi connectivity index (χ0) is 33.4. The lowest BCUT2D eigenvalue weighted by molar-refractivity contribution is 1.17. The highest BCUT2D eigenvalue weighted by molar-refractivity contribution is 6.68. The first-order valence-electron chi connectivity index (χ1n) is 16.2. The van der Waals surface area contributed by atoms with Gasteiger partial charge in [0.25, 0.3) is 0 Å². The number of aromatic nitrogens is 2. The first-order valence-corrected chi connectivity index (χ1v) is 16.2. The van der Waals surface area contributed by atoms with Crippen molar-refractivity contribution >= 4 is 110 Å². The molecule has 2 aromatic heterocycles. The molecule has 9 aromatic rings. The second-order valence-corrected chi connectivity index (χ2v) is 12.5. The van der Waals surface area contributed by atoms with Gasteiger partial charge >= 0.3 is 0 Å². The number of hydrogen-bond acceptors (Lipinski definition) is 0. The summed E-state index contributed by atoms with van der Waals surface area (Å²) in [7, 11) is 32.0. The van der Waals surface area contributed by atoms with E-state index >= 15 is 0 Å². The lowest BCUT2D eigenvalue weighted by atomic mass is 9.59. The number of fused-ring (bicyclic) bond motifs is 7. The molecule has 0 atom stereocenters. The largest absolute Gasteiger partial charge is 0.309 e. The van der Waals surface area contributed by atoms with Gasteiger partial charge in [-0.05, 0) is 76.9 Å². The summed E-state index contributed by atoms with van der Waals surface area (Å²) in [6.07, 6.45) is 0. The van der Waals surface area contributed by atoms with Gasteiger partial charge in [0.2, 0.25) is 0 Å². The second kappa shape index (κ2) is 11.3. The molecule has 0 amide bonds. The van der Waals surface area contributed by atoms with Gasteiger partial charge in [-0.3, -0.25) is 0 Å². The Kier molecular flexibility index (Phi) is 6.81. The van der Waals surface area contributed by atoms with Crippen LogP contribution < -0.4 is 27.3 Å². The average molecular weight is 610 g/mol. The van der Waals surface area contributed by atoms with Crippen molar-refractivity contribution in [1.29, 1.82) is 0 Å². The van der Waals surface area contributed by atoms with Crippen LogP contribution in [0.2, 0.25) is 0 Å². The van der Waals surface area contributed by atoms with Crippen LogP contribution in [0.5, 0.6) is 0 Å². The Morgan fingerprint density at radius 1 is 0.327 bits per heavy atom. The number of nitrogens with zero attached hydrogens (tertiary/aromatic N) is 2. The van der Waals surface area contributed by atoms with Crippen molar-refractivity contribution in [3.8, 4) is 33.6 Å². The summed E-state index contributed by atoms with van der Waals surface area (Å²) in [4.78, 5) is 0. The minimum Gasteiger partial charge on any atom is -0.309 e. The molecule has 0 saturated heterocycles. The first-order chi connectivity index (χ1) is 23.9. The summed E-state index contributed by atoms with van der Waals surface area (Å²) < 4.78 is 4.67. The van der Waals surface area contributed by atoms with Gasteiger partial charge in [0.15, 0.2) is 0 Å². The average Bonchev–Trinajstić information content (AvgIpc) is 3.66. The maximum Gasteiger partial charge on any atom is 0.113 e. The highest BCUT2D eigenvalue weighted by atomic mass is 15.0. The summed E-state index contributed by atoms with van der Waals surface area (Å²) in [5.74, 6) is 0. The smallest absolute Gasteiger partial charge is 0.113 e. The van der Waals surface area contributed by atoms with Crippen molar-refractivity contribution in [2.24, 2.45) is 0 Å². The molecule has 7 aromatic carbocycles. The third-order valence-corrected chi connectivity index (χ3v) is 9.80. The Labute approximate surface area is 291 Å². The molecule has 10 radical (unpaired) electrons. The Bertz CT molecular complexity index is 2720. The molecule has 9 rings (SSSR count). The molecule has 0 aliphatic heterocycles. The lowest BCUT2D eigenvalue weighted by Crippen LogP contribution is -2.55. The molecule has 216 valence electrons. The van der Waals surface area contributed by atoms with Crippen molar-refractivity contribution < 1.29 is 0 Å². The normalized spacial score (nSPS) is 11.7. The molecule has 0 bridgehead atoms. The van der Waals surface area contributed by atoms with Crippen molar-refractivity contribution in [3.63, 3.8) is 0 Å². The van der Waals surface area contributed by atoms with Gasteiger partial charge in [-0.25, -0.2) is 0 Å². The highest BCUT2D eigenvalue weighted by Gasteiger charge is 2.22. The summed E-state index contributed by atoms with van der Waals surface area (Å²) in [5, 5.41) is 4.50. The van der Waals surface area contributed by atoms with Gasteiger partial charge in [0.05, 0.1) is 22.1 Å². The fourth-order valence-electron chi connectivity index (χ4n) is 7.45. The lowest BCUT2D eigenvalue weighted by Gasteiger charge is -2.21. The topological polar surface area (TPSA) is 9.86 Å². The Hall–Kier alpha value is -5.54. The SMILES string of the molecule is [B]c1c([B])c([B])c(-c2ccc3c(c2)c2c4c5ccccc5n(-c5ccccc5)c4ccc2n3-c2ccc(-c3ccccc3)cc2)c([B])c1[B]. The van der Waals surface area contributed by atoms with Crippen LogP contribution in [0.25, 0.3) is 77.2 Å². The molecule has 0 N–H and O–H groups in total. The molecule has 0 unspecified atom stereocenters. The van der Waals surface area contributed by atoms with Gasteiger partial charge < -0.3 is 9.13 Å². The van der Waals surface area contributed by atoms with Crippen LogP contribution >= 0.6 is 0 Å². The van der Waals surface area contributed by atoms with Crippen LogP contribution in [0, 0.1) is 0 Å². The van der Waals surface area contributed by atoms with Gasteiger partial charge in [-0.15, -0.1) is 16.4 Å². The van der Waals surface area contributed by atoms with Crippen LogP contribution in [-0.2, 0) is 0 Å². The van der Waals surface area contributed by atoms with Crippen LogP contribution in [-0.4, -0.2) is 48.4 Å². The number of hydrogen-bond donors (Lipinski definition) is 0. The Morgan fingerprint density at radius 2 is 0.776 bits per heavy atom. The van der Waals surface area contributed by atoms with Gasteiger partial charge in [0.1, 0.15) is 39.2 Å². The highest BCUT2D eigenvalue weighted by Crippen LogP contribution is 2.43. The summed E-state index contributed by atoms with van der Waals surface area (Å²) in [6, 6.07) is 49.0. The number of benzene rings is 7. The van der Waals surface area contributed by atoms with E-state index in [1.165, 1.54) is 5.56 Å². The summed E-state index contributed by atoms with van der Waals surface area (Å²) in [6.45, 7) is 0. The maximum atomic E-state index is 6.58. The zero-order valence-corrected chi connectivity index (χ0v) is 26.6. The van der Waals surface area contributed by atoms with Crippen LogP contribution in [0.4, 0.5) is 0 Å². The Morgan fingerprint density at radius 3 is 1.43 bits per heavy atom. The predicted molar refractivity (Wildman–Crippen MR) is 213 cm³/mol. The standard InChI is InChI=1S/C42H23B5N2/c43-38-35(39(44)41(46)42(47)40(38)45)26-17-20-32-30(23-26)37-34(49(32)28-18-15-25(16-19-28)24-9-3-1-4-10-24)22-21-33-36(37)29-13-7-8-14-31(29)48(33)27-11-5-2-6-12-27/h1-23H. The van der Waals surface area contributed by atoms with E-state index in [9.17, 15) is 0 Å². The molecular formula is C42H23B5N2. The third-order valence-electron chi connectivity index (χ3n) is 9.80. The quantitative estimate of drug-likeness (QED) is 0.244. The van der Waals surface area contributed by atoms with Crippen molar-refractivity contribution in [3.05, 3.63) is 140 Å². The van der Waals surface area contributed by atoms with Crippen molar-refractivity contribution in [2.75, 3.05) is 0 Å². The minimum absolute atomic E-state index is 0.200. The molecule has 0 fully saturated rings. The van der Waals surface area contributed by atoms with E-state index in [-0.39, 0.29) is 16.4 Å². The molecule has 2 nitrogen and oxygen atoms in total. The van der Waals surface area contributed by atoms with Gasteiger partial charge in [-0.2, -0.15) is 0 Å². The van der Waals surface area contributed by atoms with E-state index in [4.69, 9.17) is 39.2 Å². The third kappa shape index (κ3) is 4.42. The molecule has 0 spiro atoms. The molecule has 2 heterocycles. The predicted octanol–water partition coefficient (Wildman–Crippen LogP) is 5.18. The maximum absolute atomic E-state index is 6.58. The second-order valence-electron chi connectivity index (χ2n) is 12.5. The molecule has 0 saturated carbocycles. The fraction of sp³-hybridized carbons (Fsp3) is 0. The van der Waals surface area contributed by atoms with Crippen LogP contribution in [0.15, 0.2) is 140 Å². The number of para-hydroxylation sites is 2. The molecule has 0 aliphatic carbocycles. The number of rotatable bonds is 4. The first kappa shape index (κ1) is 29.6. The molecule has 0 aliphatic rings. The molecule has 7 heteroatoms.